The fraction of sp³-hybridized carbons (Fsp3) is 0.333. The molecule has 0 fully saturated rings. The van der Waals surface area contributed by atoms with Crippen LogP contribution in [0.15, 0.2) is 22.8 Å². The molecular formula is C12H13BrF2N4. The summed E-state index contributed by atoms with van der Waals surface area (Å²) >= 11 is 3.03. The van der Waals surface area contributed by atoms with E-state index in [4.69, 9.17) is 5.73 Å². The highest BCUT2D eigenvalue weighted by atomic mass is 79.9. The summed E-state index contributed by atoms with van der Waals surface area (Å²) < 4.78 is 29.0. The second-order valence-electron chi connectivity index (χ2n) is 4.12. The second-order valence-corrected chi connectivity index (χ2v) is 4.98. The summed E-state index contributed by atoms with van der Waals surface area (Å²) in [6.45, 7) is 0.578. The Balaban J connectivity index is 2.17. The Bertz CT molecular complexity index is 571. The molecule has 0 bridgehead atoms. The van der Waals surface area contributed by atoms with Gasteiger partial charge in [-0.15, -0.1) is 5.10 Å². The lowest BCUT2D eigenvalue weighted by atomic mass is 10.2. The average Bonchev–Trinajstić information content (AvgIpc) is 2.84. The number of aromatic nitrogens is 3. The minimum absolute atomic E-state index is 0.00668. The SMILES string of the molecule is NCCCc1cn(Cc2c(F)ccc(Br)c2F)nn1. The van der Waals surface area contributed by atoms with Crippen molar-refractivity contribution in [1.29, 1.82) is 0 Å². The van der Waals surface area contributed by atoms with Gasteiger partial charge in [-0.2, -0.15) is 0 Å². The summed E-state index contributed by atoms with van der Waals surface area (Å²) in [4.78, 5) is 0. The standard InChI is InChI=1S/C12H13BrF2N4/c13-10-3-4-11(14)9(12(10)15)7-19-6-8(17-18-19)2-1-5-16/h3-4,6H,1-2,5,7,16H2. The normalized spacial score (nSPS) is 10.9. The molecule has 0 aliphatic heterocycles. The first-order valence-corrected chi connectivity index (χ1v) is 6.62. The van der Waals surface area contributed by atoms with Gasteiger partial charge in [0.25, 0.3) is 0 Å². The summed E-state index contributed by atoms with van der Waals surface area (Å²) in [6, 6.07) is 2.55. The van der Waals surface area contributed by atoms with Crippen LogP contribution in [0.3, 0.4) is 0 Å². The van der Waals surface area contributed by atoms with Crippen LogP contribution in [-0.4, -0.2) is 21.5 Å². The van der Waals surface area contributed by atoms with Crippen LogP contribution in [0, 0.1) is 11.6 Å². The van der Waals surface area contributed by atoms with Gasteiger partial charge < -0.3 is 5.73 Å². The molecule has 19 heavy (non-hydrogen) atoms. The highest BCUT2D eigenvalue weighted by Gasteiger charge is 2.13. The van der Waals surface area contributed by atoms with Crippen molar-refractivity contribution >= 4 is 15.9 Å². The smallest absolute Gasteiger partial charge is 0.145 e. The lowest BCUT2D eigenvalue weighted by Gasteiger charge is -2.05. The molecule has 102 valence electrons. The van der Waals surface area contributed by atoms with E-state index in [0.717, 1.165) is 12.1 Å². The fourth-order valence-corrected chi connectivity index (χ4v) is 2.06. The van der Waals surface area contributed by atoms with Gasteiger partial charge in [-0.05, 0) is 47.4 Å². The van der Waals surface area contributed by atoms with Crippen LogP contribution in [0.5, 0.6) is 0 Å². The third-order valence-corrected chi connectivity index (χ3v) is 3.29. The molecule has 0 saturated heterocycles. The summed E-state index contributed by atoms with van der Waals surface area (Å²) in [5.74, 6) is -1.21. The first kappa shape index (κ1) is 14.1. The van der Waals surface area contributed by atoms with Crippen LogP contribution in [-0.2, 0) is 13.0 Å². The first-order chi connectivity index (χ1) is 9.11. The molecule has 1 aromatic heterocycles. The highest BCUT2D eigenvalue weighted by molar-refractivity contribution is 9.10. The molecule has 2 N–H and O–H groups in total. The molecule has 7 heteroatoms. The molecule has 1 heterocycles. The Labute approximate surface area is 117 Å². The van der Waals surface area contributed by atoms with Gasteiger partial charge in [0.1, 0.15) is 11.6 Å². The Kier molecular flexibility index (Phi) is 4.60. The minimum Gasteiger partial charge on any atom is -0.330 e. The van der Waals surface area contributed by atoms with Crippen LogP contribution in [0.2, 0.25) is 0 Å². The van der Waals surface area contributed by atoms with Crippen molar-refractivity contribution in [1.82, 2.24) is 15.0 Å². The topological polar surface area (TPSA) is 56.7 Å². The summed E-state index contributed by atoms with van der Waals surface area (Å²) in [5, 5.41) is 7.79. The third kappa shape index (κ3) is 3.36. The molecule has 0 saturated carbocycles. The van der Waals surface area contributed by atoms with Crippen LogP contribution in [0.4, 0.5) is 8.78 Å². The van der Waals surface area contributed by atoms with Crippen molar-refractivity contribution in [3.63, 3.8) is 0 Å². The lowest BCUT2D eigenvalue weighted by molar-refractivity contribution is 0.524. The van der Waals surface area contributed by atoms with E-state index in [1.54, 1.807) is 6.20 Å². The number of hydrogen-bond acceptors (Lipinski definition) is 3. The van der Waals surface area contributed by atoms with E-state index in [9.17, 15) is 8.78 Å². The van der Waals surface area contributed by atoms with Crippen molar-refractivity contribution in [3.8, 4) is 0 Å². The van der Waals surface area contributed by atoms with Gasteiger partial charge in [-0.3, -0.25) is 0 Å². The van der Waals surface area contributed by atoms with E-state index in [2.05, 4.69) is 26.2 Å². The number of benzene rings is 1. The van der Waals surface area contributed by atoms with Gasteiger partial charge in [-0.1, -0.05) is 5.21 Å². The number of hydrogen-bond donors (Lipinski definition) is 1. The third-order valence-electron chi connectivity index (χ3n) is 2.68. The molecule has 0 aliphatic carbocycles. The molecule has 0 aliphatic rings. The number of rotatable bonds is 5. The van der Waals surface area contributed by atoms with Crippen molar-refractivity contribution in [2.75, 3.05) is 6.54 Å². The lowest BCUT2D eigenvalue weighted by Crippen LogP contribution is -2.06. The van der Waals surface area contributed by atoms with Gasteiger partial charge >= 0.3 is 0 Å². The van der Waals surface area contributed by atoms with Gasteiger partial charge in [0.15, 0.2) is 0 Å². The second kappa shape index (κ2) is 6.21. The zero-order chi connectivity index (χ0) is 13.8. The van der Waals surface area contributed by atoms with E-state index in [1.165, 1.54) is 16.8 Å². The maximum atomic E-state index is 13.8. The van der Waals surface area contributed by atoms with Gasteiger partial charge in [0.05, 0.1) is 16.7 Å². The largest absolute Gasteiger partial charge is 0.330 e. The molecule has 0 radical (unpaired) electrons. The van der Waals surface area contributed by atoms with Crippen LogP contribution >= 0.6 is 15.9 Å². The molecule has 0 atom stereocenters. The molecule has 0 amide bonds. The fourth-order valence-electron chi connectivity index (χ4n) is 1.69. The predicted octanol–water partition coefficient (Wildman–Crippen LogP) is 2.26. The molecule has 4 nitrogen and oxygen atoms in total. The number of halogens is 3. The molecule has 1 aromatic carbocycles. The van der Waals surface area contributed by atoms with Crippen molar-refractivity contribution in [2.45, 2.75) is 19.4 Å². The number of aryl methyl sites for hydroxylation is 1. The van der Waals surface area contributed by atoms with Crippen molar-refractivity contribution < 1.29 is 8.78 Å². The highest BCUT2D eigenvalue weighted by Crippen LogP contribution is 2.22. The monoisotopic (exact) mass is 330 g/mol. The molecule has 2 aromatic rings. The first-order valence-electron chi connectivity index (χ1n) is 5.83. The van der Waals surface area contributed by atoms with Crippen LogP contribution < -0.4 is 5.73 Å². The molecule has 0 unspecified atom stereocenters. The van der Waals surface area contributed by atoms with Crippen LogP contribution in [0.1, 0.15) is 17.7 Å². The van der Waals surface area contributed by atoms with E-state index in [-0.39, 0.29) is 16.6 Å². The zero-order valence-electron chi connectivity index (χ0n) is 10.1. The van der Waals surface area contributed by atoms with E-state index < -0.39 is 11.6 Å². The van der Waals surface area contributed by atoms with Gasteiger partial charge in [0, 0.05) is 11.8 Å². The maximum absolute atomic E-state index is 13.8. The predicted molar refractivity (Wildman–Crippen MR) is 70.6 cm³/mol. The van der Waals surface area contributed by atoms with Gasteiger partial charge in [-0.25, -0.2) is 13.5 Å². The zero-order valence-corrected chi connectivity index (χ0v) is 11.7. The molecular weight excluding hydrogens is 318 g/mol. The van der Waals surface area contributed by atoms with Gasteiger partial charge in [0.2, 0.25) is 0 Å². The van der Waals surface area contributed by atoms with E-state index in [1.807, 2.05) is 0 Å². The van der Waals surface area contributed by atoms with Crippen LogP contribution in [0.25, 0.3) is 0 Å². The Morgan fingerprint density at radius 2 is 2.11 bits per heavy atom. The summed E-state index contributed by atoms with van der Waals surface area (Å²) in [6.07, 6.45) is 3.19. The number of nitrogens with zero attached hydrogens (tertiary/aromatic N) is 3. The summed E-state index contributed by atoms with van der Waals surface area (Å²) in [5.41, 5.74) is 6.13. The van der Waals surface area contributed by atoms with E-state index >= 15 is 0 Å². The maximum Gasteiger partial charge on any atom is 0.145 e. The average molecular weight is 331 g/mol. The van der Waals surface area contributed by atoms with Crippen molar-refractivity contribution in [2.24, 2.45) is 5.73 Å². The Hall–Kier alpha value is -1.34. The number of nitrogens with two attached hydrogens (primary N) is 1. The summed E-state index contributed by atoms with van der Waals surface area (Å²) in [7, 11) is 0. The minimum atomic E-state index is -0.612. The van der Waals surface area contributed by atoms with E-state index in [0.29, 0.717) is 13.0 Å². The molecule has 0 spiro atoms. The van der Waals surface area contributed by atoms with Crippen molar-refractivity contribution in [3.05, 3.63) is 45.7 Å². The Morgan fingerprint density at radius 3 is 2.84 bits per heavy atom. The Morgan fingerprint density at radius 1 is 1.32 bits per heavy atom. The molecule has 2 rings (SSSR count). The quantitative estimate of drug-likeness (QED) is 0.855.